The number of halogens is 1. The maximum atomic E-state index is 6.01. The molecule has 18 heavy (non-hydrogen) atoms. The molecule has 2 nitrogen and oxygen atoms in total. The topological polar surface area (TPSA) is 22.1 Å². The second kappa shape index (κ2) is 4.45. The quantitative estimate of drug-likeness (QED) is 0.507. The number of rotatable bonds is 1. The fourth-order valence-electron chi connectivity index (χ4n) is 2.06. The van der Waals surface area contributed by atoms with Gasteiger partial charge in [-0.15, -0.1) is 0 Å². The number of benzene rings is 2. The van der Waals surface area contributed by atoms with E-state index in [0.29, 0.717) is 0 Å². The normalized spacial score (nSPS) is 11.1. The first-order chi connectivity index (χ1) is 8.69. The van der Waals surface area contributed by atoms with Gasteiger partial charge in [0.15, 0.2) is 0 Å². The molecule has 0 saturated heterocycles. The van der Waals surface area contributed by atoms with Crippen molar-refractivity contribution in [2.75, 3.05) is 7.11 Å². The summed E-state index contributed by atoms with van der Waals surface area (Å²) in [6.07, 6.45) is 0. The van der Waals surface area contributed by atoms with Crippen LogP contribution in [0.5, 0.6) is 5.75 Å². The molecule has 1 unspecified atom stereocenters. The van der Waals surface area contributed by atoms with Gasteiger partial charge in [-0.2, -0.15) is 0 Å². The van der Waals surface area contributed by atoms with Crippen molar-refractivity contribution in [3.05, 3.63) is 41.4 Å². The molecule has 0 spiro atoms. The summed E-state index contributed by atoms with van der Waals surface area (Å²) in [5.74, 6) is 0.858. The van der Waals surface area contributed by atoms with E-state index >= 15 is 0 Å². The van der Waals surface area contributed by atoms with Gasteiger partial charge in [0.2, 0.25) is 0 Å². The zero-order valence-corrected chi connectivity index (χ0v) is 13.0. The van der Waals surface area contributed by atoms with Crippen LogP contribution in [0.25, 0.3) is 21.8 Å². The van der Waals surface area contributed by atoms with Crippen LogP contribution in [0.4, 0.5) is 0 Å². The molecule has 0 bridgehead atoms. The summed E-state index contributed by atoms with van der Waals surface area (Å²) in [5, 5.41) is 3.01. The Labute approximate surface area is 118 Å². The van der Waals surface area contributed by atoms with Gasteiger partial charge in [-0.05, 0) is 0 Å². The van der Waals surface area contributed by atoms with E-state index < -0.39 is 0 Å². The first-order valence-electron chi connectivity index (χ1n) is 5.51. The van der Waals surface area contributed by atoms with Crippen molar-refractivity contribution in [2.45, 2.75) is 0 Å². The first kappa shape index (κ1) is 11.8. The summed E-state index contributed by atoms with van der Waals surface area (Å²) in [6, 6.07) is 11.8. The number of ether oxygens (including phenoxy) is 1. The third-order valence-electron chi connectivity index (χ3n) is 2.98. The van der Waals surface area contributed by atoms with Gasteiger partial charge in [0, 0.05) is 0 Å². The average Bonchev–Trinajstić information content (AvgIpc) is 2.38. The number of hydrogen-bond donors (Lipinski definition) is 0. The molecule has 0 aliphatic heterocycles. The van der Waals surface area contributed by atoms with Gasteiger partial charge in [0.1, 0.15) is 0 Å². The fraction of sp³-hybridized carbons (Fsp3) is 0.0714. The zero-order valence-electron chi connectivity index (χ0n) is 9.77. The molecule has 1 heterocycles. The van der Waals surface area contributed by atoms with Crippen molar-refractivity contribution in [2.24, 2.45) is 0 Å². The van der Waals surface area contributed by atoms with E-state index in [1.165, 1.54) is 4.35 Å². The van der Waals surface area contributed by atoms with Gasteiger partial charge in [-0.1, -0.05) is 0 Å². The molecular formula is C14H11AsClNO. The number of pyridine rings is 1. The molecule has 4 heteroatoms. The molecule has 90 valence electrons. The first-order valence-corrected chi connectivity index (χ1v) is 7.10. The standard InChI is InChI=1S/C14H11AsClNO/c1-18-9-3-5-12-11(7-9)14(15)10-4-2-8(16)6-13(10)17-12/h2-7H,15H2,1H3. The second-order valence-electron chi connectivity index (χ2n) is 4.07. The average molecular weight is 320 g/mol. The summed E-state index contributed by atoms with van der Waals surface area (Å²) in [7, 11) is 1.68. The molecule has 3 rings (SSSR count). The van der Waals surface area contributed by atoms with Crippen LogP contribution < -0.4 is 9.09 Å². The summed E-state index contributed by atoms with van der Waals surface area (Å²) in [6.45, 7) is 0. The molecule has 0 amide bonds. The number of hydrogen-bond acceptors (Lipinski definition) is 2. The number of nitrogens with zero attached hydrogens (tertiary/aromatic N) is 1. The van der Waals surface area contributed by atoms with E-state index in [-0.39, 0.29) is 0 Å². The van der Waals surface area contributed by atoms with Gasteiger partial charge < -0.3 is 0 Å². The van der Waals surface area contributed by atoms with Gasteiger partial charge in [0.05, 0.1) is 0 Å². The van der Waals surface area contributed by atoms with Crippen LogP contribution in [-0.2, 0) is 0 Å². The third kappa shape index (κ3) is 1.86. The summed E-state index contributed by atoms with van der Waals surface area (Å²) in [5.41, 5.74) is 1.92. The van der Waals surface area contributed by atoms with Crippen molar-refractivity contribution in [1.29, 1.82) is 0 Å². The van der Waals surface area contributed by atoms with Crippen molar-refractivity contribution in [1.82, 2.24) is 4.98 Å². The monoisotopic (exact) mass is 319 g/mol. The molecule has 0 saturated carbocycles. The molecule has 0 radical (unpaired) electrons. The van der Waals surface area contributed by atoms with Gasteiger partial charge in [-0.25, -0.2) is 0 Å². The minimum absolute atomic E-state index is 0.717. The fourth-order valence-corrected chi connectivity index (χ4v) is 3.22. The number of aromatic nitrogens is 1. The molecule has 3 aromatic rings. The molecule has 0 N–H and O–H groups in total. The van der Waals surface area contributed by atoms with Crippen LogP contribution in [0.1, 0.15) is 0 Å². The molecule has 2 aromatic carbocycles. The number of methoxy groups -OCH3 is 1. The van der Waals surface area contributed by atoms with Crippen LogP contribution in [-0.4, -0.2) is 28.9 Å². The van der Waals surface area contributed by atoms with Crippen molar-refractivity contribution < 1.29 is 4.74 Å². The summed E-state index contributed by atoms with van der Waals surface area (Å²) in [4.78, 5) is 4.64. The Kier molecular flexibility index (Phi) is 2.93. The molecule has 0 aliphatic rings. The van der Waals surface area contributed by atoms with Crippen molar-refractivity contribution >= 4 is 54.6 Å². The Hall–Kier alpha value is -1.24. The van der Waals surface area contributed by atoms with E-state index in [0.717, 1.165) is 32.6 Å². The second-order valence-corrected chi connectivity index (χ2v) is 5.72. The maximum absolute atomic E-state index is 6.01. The SMILES string of the molecule is COc1ccc2nc3cc(Cl)ccc3c([AsH2])c2c1. The van der Waals surface area contributed by atoms with Crippen LogP contribution in [0.3, 0.4) is 0 Å². The molecule has 1 aromatic heterocycles. The van der Waals surface area contributed by atoms with E-state index in [2.05, 4.69) is 4.98 Å². The van der Waals surface area contributed by atoms with Crippen LogP contribution in [0.2, 0.25) is 5.02 Å². The van der Waals surface area contributed by atoms with Crippen LogP contribution in [0, 0.1) is 0 Å². The molecule has 0 fully saturated rings. The Morgan fingerprint density at radius 1 is 1.06 bits per heavy atom. The van der Waals surface area contributed by atoms with Crippen LogP contribution in [0.15, 0.2) is 36.4 Å². The van der Waals surface area contributed by atoms with Crippen molar-refractivity contribution in [3.8, 4) is 5.75 Å². The van der Waals surface area contributed by atoms with Gasteiger partial charge in [0.25, 0.3) is 0 Å². The summed E-state index contributed by atoms with van der Waals surface area (Å²) >= 11 is 7.60. The number of fused-ring (bicyclic) bond motifs is 2. The molecular weight excluding hydrogens is 309 g/mol. The van der Waals surface area contributed by atoms with Gasteiger partial charge in [-0.3, -0.25) is 0 Å². The Balaban J connectivity index is 2.44. The zero-order chi connectivity index (χ0) is 12.7. The molecule has 1 atom stereocenters. The predicted octanol–water partition coefficient (Wildman–Crippen LogP) is 2.31. The van der Waals surface area contributed by atoms with Gasteiger partial charge >= 0.3 is 119 Å². The van der Waals surface area contributed by atoms with Crippen molar-refractivity contribution in [3.63, 3.8) is 0 Å². The Morgan fingerprint density at radius 3 is 2.67 bits per heavy atom. The minimum atomic E-state index is 0.717. The summed E-state index contributed by atoms with van der Waals surface area (Å²) < 4.78 is 6.53. The van der Waals surface area contributed by atoms with E-state index in [4.69, 9.17) is 16.3 Å². The van der Waals surface area contributed by atoms with Crippen LogP contribution >= 0.6 is 11.6 Å². The van der Waals surface area contributed by atoms with E-state index in [9.17, 15) is 0 Å². The third-order valence-corrected chi connectivity index (χ3v) is 4.52. The molecule has 0 aliphatic carbocycles. The van der Waals surface area contributed by atoms with E-state index in [1.807, 2.05) is 36.4 Å². The Morgan fingerprint density at radius 2 is 1.89 bits per heavy atom. The predicted molar refractivity (Wildman–Crippen MR) is 79.0 cm³/mol. The Bertz CT molecular complexity index is 757. The van der Waals surface area contributed by atoms with E-state index in [1.54, 1.807) is 24.0 Å².